The van der Waals surface area contributed by atoms with Gasteiger partial charge in [-0.2, -0.15) is 47.2 Å². The van der Waals surface area contributed by atoms with Gasteiger partial charge in [-0.3, -0.25) is 0 Å². The monoisotopic (exact) mass is 1090 g/mol. The third-order valence-corrected chi connectivity index (χ3v) is 13.2. The first-order valence-electron chi connectivity index (χ1n) is 22.9. The fourth-order valence-corrected chi connectivity index (χ4v) is 10.2. The molecule has 0 bridgehead atoms. The van der Waals surface area contributed by atoms with E-state index in [-0.39, 0.29) is 40.8 Å². The van der Waals surface area contributed by atoms with Crippen LogP contribution >= 0.6 is 0 Å². The van der Waals surface area contributed by atoms with E-state index in [1.807, 2.05) is 48.8 Å². The van der Waals surface area contributed by atoms with E-state index < -0.39 is 10.8 Å². The molecule has 4 heterocycles. The minimum atomic E-state index is -0.874. The molecule has 0 spiro atoms. The summed E-state index contributed by atoms with van der Waals surface area (Å²) in [6, 6.07) is 91.9. The van der Waals surface area contributed by atoms with Crippen molar-refractivity contribution in [3.05, 3.63) is 312 Å². The number of nitrogens with zero attached hydrogens (tertiary/aromatic N) is 6. The molecule has 0 unspecified atom stereocenters. The number of pyridine rings is 2. The third kappa shape index (κ3) is 8.16. The van der Waals surface area contributed by atoms with Crippen molar-refractivity contribution in [2.75, 3.05) is 0 Å². The van der Waals surface area contributed by atoms with Gasteiger partial charge in [0.1, 0.15) is 12.7 Å². The molecule has 71 heavy (non-hydrogen) atoms. The number of hydrogen-bond donors (Lipinski definition) is 0. The summed E-state index contributed by atoms with van der Waals surface area (Å²) >= 11 is 0. The molecule has 0 saturated carbocycles. The fourth-order valence-electron chi connectivity index (χ4n) is 10.2. The molecule has 4 aromatic heterocycles. The minimum absolute atomic E-state index is 0. The molecule has 0 atom stereocenters. The summed E-state index contributed by atoms with van der Waals surface area (Å²) in [5.74, 6) is 0.453. The van der Waals surface area contributed by atoms with Gasteiger partial charge < -0.3 is 14.5 Å². The van der Waals surface area contributed by atoms with E-state index >= 15 is 0 Å². The normalized spacial score (nSPS) is 11.4. The van der Waals surface area contributed by atoms with Crippen molar-refractivity contribution in [3.8, 4) is 28.5 Å². The van der Waals surface area contributed by atoms with Gasteiger partial charge in [0.25, 0.3) is 0 Å². The quantitative estimate of drug-likeness (QED) is 0.0733. The van der Waals surface area contributed by atoms with Gasteiger partial charge >= 0.3 is 40.8 Å². The molecule has 8 heteroatoms. The van der Waals surface area contributed by atoms with Gasteiger partial charge in [-0.1, -0.05) is 157 Å². The van der Waals surface area contributed by atoms with Crippen molar-refractivity contribution in [3.63, 3.8) is 0 Å². The van der Waals surface area contributed by atoms with Gasteiger partial charge in [0.15, 0.2) is 0 Å². The van der Waals surface area contributed by atoms with Crippen molar-refractivity contribution in [1.82, 2.24) is 29.5 Å². The zero-order valence-corrected chi connectivity index (χ0v) is 41.0. The molecule has 8 aromatic carbocycles. The van der Waals surface area contributed by atoms with Gasteiger partial charge in [0.2, 0.25) is 5.95 Å². The fraction of sp³-hybridized carbons (Fsp3) is 0.0317. The van der Waals surface area contributed by atoms with Gasteiger partial charge in [-0.25, -0.2) is 15.0 Å². The van der Waals surface area contributed by atoms with Crippen LogP contribution in [0.25, 0.3) is 50.3 Å². The minimum Gasteiger partial charge on any atom is -0.328 e. The first-order valence-corrected chi connectivity index (χ1v) is 22.9. The van der Waals surface area contributed by atoms with E-state index in [2.05, 4.69) is 216 Å². The maximum atomic E-state index is 4.82. The molecule has 0 aliphatic carbocycles. The number of hydrogen-bond acceptors (Lipinski definition) is 5. The zero-order chi connectivity index (χ0) is 46.0. The van der Waals surface area contributed by atoms with Crippen molar-refractivity contribution < 1.29 is 40.8 Å². The first kappa shape index (κ1) is 46.9. The van der Waals surface area contributed by atoms with Crippen LogP contribution in [0.15, 0.2) is 243 Å². The molecular weight excluding hydrogens is 1050 g/mol. The van der Waals surface area contributed by atoms with Gasteiger partial charge in [0.05, 0.1) is 0 Å². The van der Waals surface area contributed by atoms with Crippen molar-refractivity contribution in [1.29, 1.82) is 0 Å². The second kappa shape index (κ2) is 20.3. The molecule has 0 aliphatic rings. The summed E-state index contributed by atoms with van der Waals surface area (Å²) < 4.78 is 2.09. The van der Waals surface area contributed by atoms with E-state index in [1.165, 1.54) is 0 Å². The molecule has 6 nitrogen and oxygen atoms in total. The predicted molar refractivity (Wildman–Crippen MR) is 273 cm³/mol. The molecule has 0 radical (unpaired) electrons. The Morgan fingerprint density at radius 2 is 0.690 bits per heavy atom. The average molecular weight is 1090 g/mol. The SMILES string of the molecule is [Pd+2].[Pd+2].[c-]1c(-c2ccccn2)cccc1C(c1[c-]c2c(cc1)c1ccc(C(c3[c-]c(-c4ccccn4)ccc3)(c3ccccc3)c3ccccc3)[c-]c1n2-c1ncncn1)(c1ccccc1)c1ccccc1. The standard InChI is InChI=1S/C63H40N6.2Pd/c1-5-21-47(22-6-1)62(48-23-7-2-8-24-48,51-29-17-19-45(39-51)57-31-13-15-37-65-57)53-33-35-55-56-36-34-54(42-60(56)69(59(55)41-53)61-67-43-64-44-68-61)63(49-25-9-3-10-26-49,50-27-11-4-12-28-50)52-30-18-20-46(40-52)58-32-14-16-38-66-58;;/h1-38,43-44H;;/q-4;2*+2. The largest absolute Gasteiger partial charge is 2.00 e. The van der Waals surface area contributed by atoms with Crippen LogP contribution in [0.3, 0.4) is 0 Å². The van der Waals surface area contributed by atoms with E-state index in [0.717, 1.165) is 88.8 Å². The Morgan fingerprint density at radius 1 is 0.324 bits per heavy atom. The van der Waals surface area contributed by atoms with Crippen LogP contribution in [-0.4, -0.2) is 29.5 Å². The Labute approximate surface area is 440 Å². The maximum absolute atomic E-state index is 4.82. The van der Waals surface area contributed by atoms with Crippen LogP contribution in [-0.2, 0) is 51.7 Å². The van der Waals surface area contributed by atoms with Crippen molar-refractivity contribution in [2.24, 2.45) is 0 Å². The molecule has 0 N–H and O–H groups in total. The summed E-state index contributed by atoms with van der Waals surface area (Å²) in [6.07, 6.45) is 6.73. The summed E-state index contributed by atoms with van der Waals surface area (Å²) in [5, 5.41) is 1.96. The summed E-state index contributed by atoms with van der Waals surface area (Å²) in [4.78, 5) is 23.4. The van der Waals surface area contributed by atoms with Crippen molar-refractivity contribution >= 4 is 21.8 Å². The van der Waals surface area contributed by atoms with Gasteiger partial charge in [-0.05, 0) is 45.8 Å². The van der Waals surface area contributed by atoms with E-state index in [1.54, 1.807) is 12.7 Å². The smallest absolute Gasteiger partial charge is 0.328 e. The first-order chi connectivity index (χ1) is 34.2. The van der Waals surface area contributed by atoms with Gasteiger partial charge in [-0.15, -0.1) is 81.9 Å². The maximum Gasteiger partial charge on any atom is 2.00 e. The molecule has 12 aromatic rings. The Hall–Kier alpha value is -7.81. The zero-order valence-electron chi connectivity index (χ0n) is 37.9. The van der Waals surface area contributed by atoms with E-state index in [9.17, 15) is 0 Å². The van der Waals surface area contributed by atoms with Crippen LogP contribution in [0.2, 0.25) is 0 Å². The Balaban J connectivity index is 0.00000291. The van der Waals surface area contributed by atoms with Crippen LogP contribution in [0.1, 0.15) is 44.5 Å². The summed E-state index contributed by atoms with van der Waals surface area (Å²) in [6.45, 7) is 0. The molecule has 0 amide bonds. The molecular formula is C63H40N6Pd2. The van der Waals surface area contributed by atoms with Crippen LogP contribution in [0.5, 0.6) is 0 Å². The number of fused-ring (bicyclic) bond motifs is 3. The van der Waals surface area contributed by atoms with E-state index in [0.29, 0.717) is 5.95 Å². The molecule has 0 fully saturated rings. The molecule has 0 aliphatic heterocycles. The molecule has 0 saturated heterocycles. The number of aromatic nitrogens is 6. The number of rotatable bonds is 11. The van der Waals surface area contributed by atoms with Gasteiger partial charge in [0, 0.05) is 23.2 Å². The Morgan fingerprint density at radius 3 is 1.06 bits per heavy atom. The molecule has 12 rings (SSSR count). The van der Waals surface area contributed by atoms with E-state index in [4.69, 9.17) is 19.9 Å². The third-order valence-electron chi connectivity index (χ3n) is 13.2. The number of benzene rings is 8. The van der Waals surface area contributed by atoms with Crippen LogP contribution < -0.4 is 0 Å². The summed E-state index contributed by atoms with van der Waals surface area (Å²) in [7, 11) is 0. The Bertz CT molecular complexity index is 3400. The van der Waals surface area contributed by atoms with Crippen LogP contribution in [0, 0.1) is 24.3 Å². The second-order valence-corrected chi connectivity index (χ2v) is 16.9. The summed E-state index contributed by atoms with van der Waals surface area (Å²) in [5.41, 5.74) is 11.4. The van der Waals surface area contributed by atoms with Crippen LogP contribution in [0.4, 0.5) is 0 Å². The molecule has 342 valence electrons. The average Bonchev–Trinajstić information content (AvgIpc) is 3.76. The predicted octanol–water partition coefficient (Wildman–Crippen LogP) is 13.1. The topological polar surface area (TPSA) is 69.4 Å². The Kier molecular flexibility index (Phi) is 13.4. The second-order valence-electron chi connectivity index (χ2n) is 16.9. The van der Waals surface area contributed by atoms with Crippen molar-refractivity contribution in [2.45, 2.75) is 10.8 Å².